The lowest BCUT2D eigenvalue weighted by Crippen LogP contribution is -2.54. The molecule has 2 fully saturated rings. The average Bonchev–Trinajstić information content (AvgIpc) is 3.29. The number of piperazine rings is 1. The lowest BCUT2D eigenvalue weighted by Gasteiger charge is -2.41. The number of rotatable bonds is 8. The minimum atomic E-state index is -4.13. The summed E-state index contributed by atoms with van der Waals surface area (Å²) in [5.74, 6) is -0.602. The highest BCUT2D eigenvalue weighted by Crippen LogP contribution is 2.40. The highest BCUT2D eigenvalue weighted by molar-refractivity contribution is 7.89. The van der Waals surface area contributed by atoms with E-state index in [1.165, 1.54) is 16.4 Å². The van der Waals surface area contributed by atoms with Gasteiger partial charge < -0.3 is 20.5 Å². The fraction of sp³-hybridized carbons (Fsp3) is 0.615. The second kappa shape index (κ2) is 10.8. The lowest BCUT2D eigenvalue weighted by molar-refractivity contribution is 0.0438. The topological polar surface area (TPSA) is 128 Å². The Balaban J connectivity index is 1.58. The van der Waals surface area contributed by atoms with E-state index in [1.54, 1.807) is 0 Å². The molecule has 0 aromatic heterocycles. The fourth-order valence-electron chi connectivity index (χ4n) is 5.18. The number of nitrogens with one attached hydrogen (secondary N) is 2. The molecule has 12 heteroatoms. The van der Waals surface area contributed by atoms with E-state index in [4.69, 9.17) is 16.3 Å². The Morgan fingerprint density at radius 3 is 2.29 bits per heavy atom. The van der Waals surface area contributed by atoms with Crippen LogP contribution < -0.4 is 21.5 Å². The van der Waals surface area contributed by atoms with Crippen LogP contribution in [0.1, 0.15) is 53.9 Å². The van der Waals surface area contributed by atoms with Crippen molar-refractivity contribution in [2.45, 2.75) is 82.6 Å². The number of phenolic OH excluding ortho intramolecular Hbond substituents is 1. The number of hydrogen-bond donors (Lipinski definition) is 3. The maximum Gasteiger partial charge on any atom is 0.253 e. The zero-order valence-corrected chi connectivity index (χ0v) is 24.1. The summed E-state index contributed by atoms with van der Waals surface area (Å²) in [6.07, 6.45) is 2.47. The molecule has 10 nitrogen and oxygen atoms in total. The summed E-state index contributed by atoms with van der Waals surface area (Å²) in [5.41, 5.74) is -1.48. The van der Waals surface area contributed by atoms with Crippen LogP contribution in [0.2, 0.25) is 5.02 Å². The van der Waals surface area contributed by atoms with Crippen molar-refractivity contribution in [3.63, 3.8) is 0 Å². The molecule has 3 N–H and O–H groups in total. The van der Waals surface area contributed by atoms with Gasteiger partial charge in [-0.2, -0.15) is 4.31 Å². The van der Waals surface area contributed by atoms with Crippen molar-refractivity contribution in [3.05, 3.63) is 37.6 Å². The van der Waals surface area contributed by atoms with Crippen LogP contribution in [0.3, 0.4) is 0 Å². The van der Waals surface area contributed by atoms with Gasteiger partial charge in [-0.15, -0.1) is 0 Å². The quantitative estimate of drug-likeness (QED) is 0.325. The molecule has 2 aromatic rings. The van der Waals surface area contributed by atoms with Gasteiger partial charge in [0.25, 0.3) is 10.9 Å². The van der Waals surface area contributed by atoms with E-state index in [1.807, 2.05) is 13.8 Å². The summed E-state index contributed by atoms with van der Waals surface area (Å²) in [6.45, 7) is 11.8. The third-order valence-corrected chi connectivity index (χ3v) is 9.92. The second-order valence-electron chi connectivity index (χ2n) is 11.1. The first-order valence-electron chi connectivity index (χ1n) is 13.0. The molecule has 2 aliphatic rings. The Morgan fingerprint density at radius 1 is 1.11 bits per heavy atom. The lowest BCUT2D eigenvalue weighted by atomic mass is 10.0. The van der Waals surface area contributed by atoms with Crippen molar-refractivity contribution < 1.29 is 18.3 Å². The van der Waals surface area contributed by atoms with Crippen LogP contribution in [0.4, 0.5) is 17.1 Å². The molecule has 0 aliphatic carbocycles. The van der Waals surface area contributed by atoms with E-state index in [9.17, 15) is 23.1 Å². The number of hydrogen-bond acceptors (Lipinski definition) is 9. The Hall–Kier alpha value is -2.18. The number of phenols is 1. The van der Waals surface area contributed by atoms with E-state index >= 15 is 0 Å². The second-order valence-corrected chi connectivity index (χ2v) is 13.4. The Kier molecular flexibility index (Phi) is 8.17. The zero-order chi connectivity index (χ0) is 28.0. The molecule has 1 unspecified atom stereocenters. The standard InChI is InChI=1S/C26H37ClN4O6S/c1-6-17(19-10-7-15(2)37-19)28-20-21(24(34)23(20)33)29-18-9-8-16(27)25(22(18)32)38(35,36)31-13-11-30(12-14-31)26(3,4)5/h8-9,15,17,19,28-29,32H,6-7,10-14H2,1-5H3/t15-,17?,19-/m1/s1. The molecule has 2 saturated heterocycles. The van der Waals surface area contributed by atoms with Gasteiger partial charge in [-0.1, -0.05) is 18.5 Å². The third-order valence-electron chi connectivity index (χ3n) is 7.52. The highest BCUT2D eigenvalue weighted by atomic mass is 35.5. The first-order valence-corrected chi connectivity index (χ1v) is 14.9. The SMILES string of the molecule is CCC(Nc1c(Nc2ccc(Cl)c(S(=O)(=O)N3CCN(C(C)(C)C)CC3)c2O)c(=O)c1=O)[C@H]1CC[C@@H](C)O1. The van der Waals surface area contributed by atoms with Crippen LogP contribution in [0.25, 0.3) is 0 Å². The molecule has 210 valence electrons. The first-order chi connectivity index (χ1) is 17.8. The number of aromatic hydroxyl groups is 1. The van der Waals surface area contributed by atoms with Gasteiger partial charge in [0.05, 0.1) is 29.0 Å². The van der Waals surface area contributed by atoms with Gasteiger partial charge in [0.2, 0.25) is 10.0 Å². The van der Waals surface area contributed by atoms with Gasteiger partial charge in [-0.05, 0) is 59.1 Å². The van der Waals surface area contributed by atoms with E-state index in [0.29, 0.717) is 19.5 Å². The molecule has 0 saturated carbocycles. The maximum absolute atomic E-state index is 13.5. The molecular weight excluding hydrogens is 532 g/mol. The van der Waals surface area contributed by atoms with Crippen molar-refractivity contribution in [1.82, 2.24) is 9.21 Å². The summed E-state index contributed by atoms with van der Waals surface area (Å²) in [4.78, 5) is 26.6. The smallest absolute Gasteiger partial charge is 0.253 e. The van der Waals surface area contributed by atoms with Crippen LogP contribution in [-0.2, 0) is 14.8 Å². The van der Waals surface area contributed by atoms with Gasteiger partial charge in [0, 0.05) is 31.7 Å². The van der Waals surface area contributed by atoms with Crippen LogP contribution in [0.15, 0.2) is 26.6 Å². The molecule has 0 amide bonds. The summed E-state index contributed by atoms with van der Waals surface area (Å²) in [7, 11) is -4.13. The molecule has 0 spiro atoms. The largest absolute Gasteiger partial charge is 0.504 e. The first kappa shape index (κ1) is 28.8. The molecule has 0 bridgehead atoms. The van der Waals surface area contributed by atoms with Gasteiger partial charge in [0.15, 0.2) is 5.75 Å². The molecular formula is C26H37ClN4O6S. The molecule has 2 aromatic carbocycles. The van der Waals surface area contributed by atoms with Crippen LogP contribution in [-0.4, -0.2) is 72.7 Å². The minimum Gasteiger partial charge on any atom is -0.504 e. The summed E-state index contributed by atoms with van der Waals surface area (Å²) in [6, 6.07) is 2.56. The third kappa shape index (κ3) is 5.44. The van der Waals surface area contributed by atoms with Crippen molar-refractivity contribution in [2.24, 2.45) is 0 Å². The minimum absolute atomic E-state index is 0.0285. The molecule has 38 heavy (non-hydrogen) atoms. The van der Waals surface area contributed by atoms with Crippen molar-refractivity contribution in [3.8, 4) is 5.75 Å². The Bertz CT molecular complexity index is 1360. The molecule has 2 heterocycles. The van der Waals surface area contributed by atoms with Crippen LogP contribution >= 0.6 is 11.6 Å². The van der Waals surface area contributed by atoms with Crippen LogP contribution in [0.5, 0.6) is 5.75 Å². The summed E-state index contributed by atoms with van der Waals surface area (Å²) < 4.78 is 34.3. The van der Waals surface area contributed by atoms with Gasteiger partial charge in [-0.25, -0.2) is 8.42 Å². The van der Waals surface area contributed by atoms with E-state index in [2.05, 4.69) is 36.3 Å². The van der Waals surface area contributed by atoms with Gasteiger partial charge >= 0.3 is 0 Å². The number of nitrogens with zero attached hydrogens (tertiary/aromatic N) is 2. The zero-order valence-electron chi connectivity index (χ0n) is 22.5. The number of halogens is 1. The van der Waals surface area contributed by atoms with Crippen molar-refractivity contribution in [2.75, 3.05) is 36.8 Å². The predicted molar refractivity (Wildman–Crippen MR) is 149 cm³/mol. The van der Waals surface area contributed by atoms with Gasteiger partial charge in [0.1, 0.15) is 16.3 Å². The van der Waals surface area contributed by atoms with Crippen LogP contribution in [0, 0.1) is 0 Å². The van der Waals surface area contributed by atoms with Crippen molar-refractivity contribution >= 4 is 38.7 Å². The Morgan fingerprint density at radius 2 is 1.74 bits per heavy atom. The highest BCUT2D eigenvalue weighted by Gasteiger charge is 2.36. The number of anilines is 3. The molecule has 0 radical (unpaired) electrons. The Labute approximate surface area is 228 Å². The van der Waals surface area contributed by atoms with E-state index < -0.39 is 31.5 Å². The number of benzene rings is 1. The maximum atomic E-state index is 13.5. The molecule has 2 aliphatic heterocycles. The summed E-state index contributed by atoms with van der Waals surface area (Å²) >= 11 is 6.28. The normalized spacial score (nSPS) is 22.6. The number of sulfonamides is 1. The average molecular weight is 569 g/mol. The number of ether oxygens (including phenoxy) is 1. The fourth-order valence-corrected chi connectivity index (χ4v) is 7.19. The monoisotopic (exact) mass is 568 g/mol. The van der Waals surface area contributed by atoms with Crippen molar-refractivity contribution in [1.29, 1.82) is 0 Å². The predicted octanol–water partition coefficient (Wildman–Crippen LogP) is 3.25. The van der Waals surface area contributed by atoms with Gasteiger partial charge in [-0.3, -0.25) is 14.5 Å². The molecule has 4 rings (SSSR count). The molecule has 3 atom stereocenters. The van der Waals surface area contributed by atoms with E-state index in [-0.39, 0.29) is 59.0 Å². The van der Waals surface area contributed by atoms with E-state index in [0.717, 1.165) is 12.8 Å². The summed E-state index contributed by atoms with van der Waals surface area (Å²) in [5, 5.41) is 16.8.